The second kappa shape index (κ2) is 11.2. The van der Waals surface area contributed by atoms with Gasteiger partial charge in [0.05, 0.1) is 35.5 Å². The largest absolute Gasteiger partial charge is 0.351 e. The van der Waals surface area contributed by atoms with E-state index in [1.165, 1.54) is 36.5 Å². The molecule has 2 aliphatic rings. The van der Waals surface area contributed by atoms with Gasteiger partial charge in [-0.3, -0.25) is 19.5 Å². The van der Waals surface area contributed by atoms with Gasteiger partial charge in [0.25, 0.3) is 11.8 Å². The normalized spacial score (nSPS) is 19.8. The molecule has 1 aliphatic carbocycles. The van der Waals surface area contributed by atoms with Crippen molar-refractivity contribution in [3.63, 3.8) is 0 Å². The molecule has 2 fully saturated rings. The van der Waals surface area contributed by atoms with Crippen molar-refractivity contribution in [2.75, 3.05) is 15.0 Å². The first kappa shape index (κ1) is 29.3. The summed E-state index contributed by atoms with van der Waals surface area (Å²) in [7, 11) is -4.11. The molecule has 1 N–H and O–H groups in total. The third-order valence-corrected chi connectivity index (χ3v) is 9.10. The first-order valence-corrected chi connectivity index (χ1v) is 14.6. The van der Waals surface area contributed by atoms with E-state index in [0.717, 1.165) is 27.7 Å². The minimum atomic E-state index is -4.11. The third kappa shape index (κ3) is 5.75. The van der Waals surface area contributed by atoms with Gasteiger partial charge in [0.2, 0.25) is 15.9 Å². The lowest BCUT2D eigenvalue weighted by molar-refractivity contribution is -0.133. The van der Waals surface area contributed by atoms with Crippen molar-refractivity contribution in [3.05, 3.63) is 83.0 Å². The molecule has 42 heavy (non-hydrogen) atoms. The van der Waals surface area contributed by atoms with Crippen LogP contribution in [0.1, 0.15) is 36.4 Å². The lowest BCUT2D eigenvalue weighted by Crippen LogP contribution is -2.56. The lowest BCUT2D eigenvalue weighted by Gasteiger charge is -2.39. The van der Waals surface area contributed by atoms with Gasteiger partial charge in [0.15, 0.2) is 0 Å². The van der Waals surface area contributed by atoms with Crippen LogP contribution in [0.2, 0.25) is 5.02 Å². The van der Waals surface area contributed by atoms with E-state index < -0.39 is 70.3 Å². The van der Waals surface area contributed by atoms with Crippen LogP contribution in [-0.2, 0) is 19.6 Å². The van der Waals surface area contributed by atoms with Gasteiger partial charge >= 0.3 is 0 Å². The summed E-state index contributed by atoms with van der Waals surface area (Å²) in [6.07, 6.45) is 1.74. The van der Waals surface area contributed by atoms with Crippen LogP contribution in [0.15, 0.2) is 61.1 Å². The number of halogens is 4. The van der Waals surface area contributed by atoms with Crippen LogP contribution in [0.3, 0.4) is 0 Å². The van der Waals surface area contributed by atoms with Gasteiger partial charge in [-0.05, 0) is 24.6 Å². The van der Waals surface area contributed by atoms with E-state index in [9.17, 15) is 36.4 Å². The lowest BCUT2D eigenvalue weighted by atomic mass is 9.87. The molecular formula is C27H22ClF3N6O4S. The average Bonchev–Trinajstić information content (AvgIpc) is 3.25. The van der Waals surface area contributed by atoms with E-state index >= 15 is 0 Å². The maximum Gasteiger partial charge on any atom is 0.252 e. The number of hydrogen-bond donors (Lipinski definition) is 1. The fraction of sp³-hybridized carbons (Fsp3) is 0.296. The third-order valence-electron chi connectivity index (χ3n) is 6.97. The van der Waals surface area contributed by atoms with Gasteiger partial charge in [-0.2, -0.15) is 5.26 Å². The van der Waals surface area contributed by atoms with Crippen LogP contribution < -0.4 is 14.5 Å². The maximum absolute atomic E-state index is 14.5. The Morgan fingerprint density at radius 3 is 2.60 bits per heavy atom. The van der Waals surface area contributed by atoms with Crippen molar-refractivity contribution < 1.29 is 31.2 Å². The van der Waals surface area contributed by atoms with Gasteiger partial charge in [0, 0.05) is 41.7 Å². The topological polar surface area (TPSA) is 136 Å². The molecule has 2 atom stereocenters. The molecule has 3 heterocycles. The summed E-state index contributed by atoms with van der Waals surface area (Å²) in [6.45, 7) is 0. The fourth-order valence-corrected chi connectivity index (χ4v) is 6.96. The SMILES string of the molecule is N#Cc1ccnc(N2[C@H](C(=O)N(c3cncc(F)c3)C(C(=O)NC3CC(F)(F)C3)c3ccccc3Cl)CCS2(=O)=O)c1. The number of nitrogens with one attached hydrogen (secondary N) is 1. The first-order chi connectivity index (χ1) is 19.9. The van der Waals surface area contributed by atoms with Crippen LogP contribution in [0, 0.1) is 17.1 Å². The van der Waals surface area contributed by atoms with Gasteiger partial charge in [0.1, 0.15) is 23.7 Å². The summed E-state index contributed by atoms with van der Waals surface area (Å²) in [5.41, 5.74) is -0.0375. The molecule has 3 aromatic rings. The number of hydrogen-bond acceptors (Lipinski definition) is 7. The average molecular weight is 619 g/mol. The minimum Gasteiger partial charge on any atom is -0.351 e. The molecule has 0 spiro atoms. The molecule has 10 nitrogen and oxygen atoms in total. The Bertz CT molecular complexity index is 1690. The van der Waals surface area contributed by atoms with Gasteiger partial charge in [-0.15, -0.1) is 0 Å². The molecule has 5 rings (SSSR count). The number of carbonyl (C=O) groups is 2. The van der Waals surface area contributed by atoms with Crippen molar-refractivity contribution in [2.45, 2.75) is 43.3 Å². The van der Waals surface area contributed by atoms with Gasteiger partial charge in [-0.1, -0.05) is 29.8 Å². The Labute approximate surface area is 243 Å². The number of carbonyl (C=O) groups excluding carboxylic acids is 2. The second-order valence-corrected chi connectivity index (χ2v) is 12.3. The Hall–Kier alpha value is -4.22. The maximum atomic E-state index is 14.5. The number of aromatic nitrogens is 2. The standard InChI is InChI=1S/C27H22ClF3N6O4S/c28-21-4-2-1-3-20(21)24(25(38)35-18-11-27(30,31)12-18)36(19-10-17(29)14-33-15-19)26(39)22-6-8-42(40,41)37(22)23-9-16(13-32)5-7-34-23/h1-5,7,9-10,14-15,18,22,24H,6,8,11-12H2,(H,35,38)/t22-,24?/m0/s1. The molecule has 2 amide bonds. The Morgan fingerprint density at radius 1 is 1.19 bits per heavy atom. The molecule has 1 aromatic carbocycles. The van der Waals surface area contributed by atoms with Crippen molar-refractivity contribution >= 4 is 44.9 Å². The smallest absolute Gasteiger partial charge is 0.252 e. The van der Waals surface area contributed by atoms with Gasteiger partial charge in [-0.25, -0.2) is 30.9 Å². The monoisotopic (exact) mass is 618 g/mol. The van der Waals surface area contributed by atoms with E-state index in [4.69, 9.17) is 11.6 Å². The summed E-state index contributed by atoms with van der Waals surface area (Å²) < 4.78 is 68.7. The van der Waals surface area contributed by atoms with E-state index in [2.05, 4.69) is 15.3 Å². The van der Waals surface area contributed by atoms with E-state index in [1.54, 1.807) is 6.07 Å². The molecule has 218 valence electrons. The number of anilines is 2. The van der Waals surface area contributed by atoms with Crippen LogP contribution in [0.5, 0.6) is 0 Å². The fourth-order valence-electron chi connectivity index (χ4n) is 5.04. The quantitative estimate of drug-likeness (QED) is 0.426. The molecule has 0 radical (unpaired) electrons. The van der Waals surface area contributed by atoms with Crippen molar-refractivity contribution in [2.24, 2.45) is 0 Å². The number of benzene rings is 1. The number of rotatable bonds is 7. The molecule has 1 unspecified atom stereocenters. The van der Waals surface area contributed by atoms with Crippen LogP contribution in [-0.4, -0.2) is 54.0 Å². The highest BCUT2D eigenvalue weighted by Crippen LogP contribution is 2.40. The van der Waals surface area contributed by atoms with Crippen LogP contribution in [0.4, 0.5) is 24.7 Å². The van der Waals surface area contributed by atoms with Crippen LogP contribution >= 0.6 is 11.6 Å². The number of nitriles is 1. The zero-order valence-electron chi connectivity index (χ0n) is 21.6. The number of pyridine rings is 2. The summed E-state index contributed by atoms with van der Waals surface area (Å²) in [5, 5.41) is 11.9. The Morgan fingerprint density at radius 2 is 1.93 bits per heavy atom. The van der Waals surface area contributed by atoms with Crippen molar-refractivity contribution in [1.82, 2.24) is 15.3 Å². The van der Waals surface area contributed by atoms with Gasteiger partial charge < -0.3 is 5.32 Å². The molecular weight excluding hydrogens is 597 g/mol. The summed E-state index contributed by atoms with van der Waals surface area (Å²) in [6, 6.07) is 7.37. The zero-order valence-corrected chi connectivity index (χ0v) is 23.2. The molecule has 1 saturated heterocycles. The minimum absolute atomic E-state index is 0.0399. The number of alkyl halides is 2. The number of amides is 2. The molecule has 1 saturated carbocycles. The number of sulfonamides is 1. The first-order valence-electron chi connectivity index (χ1n) is 12.6. The number of nitrogens with zero attached hydrogens (tertiary/aromatic N) is 5. The summed E-state index contributed by atoms with van der Waals surface area (Å²) in [4.78, 5) is 36.9. The van der Waals surface area contributed by atoms with E-state index in [0.29, 0.717) is 0 Å². The second-order valence-electron chi connectivity index (χ2n) is 9.89. The highest BCUT2D eigenvalue weighted by molar-refractivity contribution is 7.93. The van der Waals surface area contributed by atoms with Crippen molar-refractivity contribution in [3.8, 4) is 6.07 Å². The predicted octanol–water partition coefficient (Wildman–Crippen LogP) is 3.74. The molecule has 2 aromatic heterocycles. The Balaban J connectivity index is 1.63. The summed E-state index contributed by atoms with van der Waals surface area (Å²) >= 11 is 6.45. The highest BCUT2D eigenvalue weighted by Gasteiger charge is 2.49. The van der Waals surface area contributed by atoms with E-state index in [-0.39, 0.29) is 34.1 Å². The summed E-state index contributed by atoms with van der Waals surface area (Å²) in [5.74, 6) is -6.31. The predicted molar refractivity (Wildman–Crippen MR) is 146 cm³/mol. The van der Waals surface area contributed by atoms with Crippen LogP contribution in [0.25, 0.3) is 0 Å². The molecule has 1 aliphatic heterocycles. The zero-order chi connectivity index (χ0) is 30.2. The van der Waals surface area contributed by atoms with Crippen molar-refractivity contribution in [1.29, 1.82) is 5.26 Å². The molecule has 0 bridgehead atoms. The van der Waals surface area contributed by atoms with E-state index in [1.807, 2.05) is 6.07 Å². The highest BCUT2D eigenvalue weighted by atomic mass is 35.5. The molecule has 15 heteroatoms. The Kier molecular flexibility index (Phi) is 7.82.